The quantitative estimate of drug-likeness (QED) is 0.139. The van der Waals surface area contributed by atoms with E-state index in [-0.39, 0.29) is 62.9 Å². The third-order valence-electron chi connectivity index (χ3n) is 6.66. The molecule has 0 radical (unpaired) electrons. The Labute approximate surface area is 257 Å². The highest BCUT2D eigenvalue weighted by atomic mass is 32.2. The van der Waals surface area contributed by atoms with E-state index >= 15 is 0 Å². The van der Waals surface area contributed by atoms with Gasteiger partial charge >= 0.3 is 0 Å². The predicted molar refractivity (Wildman–Crippen MR) is 165 cm³/mol. The topological polar surface area (TPSA) is 110 Å². The van der Waals surface area contributed by atoms with Crippen molar-refractivity contribution in [1.29, 1.82) is 0 Å². The van der Waals surface area contributed by atoms with Gasteiger partial charge in [0.2, 0.25) is 0 Å². The molecule has 0 atom stereocenters. The van der Waals surface area contributed by atoms with Gasteiger partial charge in [-0.25, -0.2) is 23.1 Å². The second-order valence-corrected chi connectivity index (χ2v) is 11.2. The van der Waals surface area contributed by atoms with E-state index in [9.17, 15) is 22.8 Å². The highest BCUT2D eigenvalue weighted by Crippen LogP contribution is 2.40. The standard InChI is InChI=1S/C28H28F3N5O3S3/c1-14-19(11-17(30)12-21(14)35-26(37)18-5-4-16(10-20(18)31)15-2-3-15)22-23(25(32)34-13-33-22)39-9-8-36(7-6-29)27(38)24(40)28(41)42/h4-5,10-13,15,40-42H,2-3,6-9H2,1H3,(H,35,37)(H2,32,33,34). The molecule has 1 fully saturated rings. The monoisotopic (exact) mass is 635 g/mol. The number of nitrogen functional groups attached to an aromatic ring is 1. The number of alkyl halides is 1. The van der Waals surface area contributed by atoms with E-state index in [2.05, 4.69) is 53.2 Å². The van der Waals surface area contributed by atoms with Crippen molar-refractivity contribution in [2.45, 2.75) is 25.7 Å². The molecule has 2 amide bonds. The number of carbonyl (C=O) groups is 2. The van der Waals surface area contributed by atoms with E-state index in [0.717, 1.165) is 35.7 Å². The second-order valence-electron chi connectivity index (χ2n) is 9.53. The lowest BCUT2D eigenvalue weighted by Crippen LogP contribution is -2.36. The Bertz CT molecular complexity index is 1550. The first kappa shape index (κ1) is 31.6. The minimum absolute atomic E-state index is 0.0106. The molecule has 1 aromatic heterocycles. The Morgan fingerprint density at radius 1 is 1.12 bits per heavy atom. The van der Waals surface area contributed by atoms with Crippen LogP contribution in [-0.4, -0.2) is 53.1 Å². The van der Waals surface area contributed by atoms with Crippen LogP contribution in [0.5, 0.6) is 5.75 Å². The van der Waals surface area contributed by atoms with Gasteiger partial charge in [0.25, 0.3) is 11.8 Å². The molecule has 4 rings (SSSR count). The van der Waals surface area contributed by atoms with E-state index in [0.29, 0.717) is 11.5 Å². The normalized spacial score (nSPS) is 12.5. The van der Waals surface area contributed by atoms with Crippen LogP contribution in [0.25, 0.3) is 11.3 Å². The number of anilines is 2. The van der Waals surface area contributed by atoms with Gasteiger partial charge in [0.15, 0.2) is 11.6 Å². The van der Waals surface area contributed by atoms with Gasteiger partial charge in [0.1, 0.15) is 36.9 Å². The fraction of sp³-hybridized carbons (Fsp3) is 0.286. The smallest absolute Gasteiger partial charge is 0.261 e. The van der Waals surface area contributed by atoms with Crippen LogP contribution < -0.4 is 15.8 Å². The van der Waals surface area contributed by atoms with Gasteiger partial charge < -0.3 is 20.7 Å². The number of carbonyl (C=O) groups excluding carboxylic acids is 2. The van der Waals surface area contributed by atoms with E-state index in [1.165, 1.54) is 18.2 Å². The Balaban J connectivity index is 1.58. The largest absolute Gasteiger partial charge is 0.486 e. The van der Waals surface area contributed by atoms with Gasteiger partial charge in [-0.05, 0) is 61.1 Å². The first-order chi connectivity index (χ1) is 20.0. The average molecular weight is 636 g/mol. The van der Waals surface area contributed by atoms with E-state index < -0.39 is 30.1 Å². The first-order valence-electron chi connectivity index (χ1n) is 12.8. The maximum Gasteiger partial charge on any atom is 0.261 e. The van der Waals surface area contributed by atoms with Crippen molar-refractivity contribution in [2.75, 3.05) is 37.4 Å². The van der Waals surface area contributed by atoms with Crippen molar-refractivity contribution in [3.63, 3.8) is 0 Å². The lowest BCUT2D eigenvalue weighted by molar-refractivity contribution is -0.126. The number of hydrogen-bond acceptors (Lipinski definition) is 9. The Kier molecular flexibility index (Phi) is 10.3. The molecule has 0 spiro atoms. The SMILES string of the molecule is Cc1c(NC(=O)c2ccc(C3CC3)cc2F)cc(F)cc1-c1ncnc(N)c1OCCN(CCF)C(=O)C(S)=C(S)S. The number of rotatable bonds is 11. The van der Waals surface area contributed by atoms with Crippen LogP contribution in [0.15, 0.2) is 45.8 Å². The number of nitrogens with one attached hydrogen (secondary N) is 1. The summed E-state index contributed by atoms with van der Waals surface area (Å²) in [6.07, 6.45) is 3.14. The second kappa shape index (κ2) is 13.7. The average Bonchev–Trinajstić information content (AvgIpc) is 3.80. The van der Waals surface area contributed by atoms with Crippen LogP contribution in [0.1, 0.15) is 40.2 Å². The molecule has 14 heteroatoms. The number of halogens is 3. The summed E-state index contributed by atoms with van der Waals surface area (Å²) >= 11 is 12.0. The molecule has 0 unspecified atom stereocenters. The highest BCUT2D eigenvalue weighted by molar-refractivity contribution is 8.06. The summed E-state index contributed by atoms with van der Waals surface area (Å²) in [6.45, 7) is 0.358. The Morgan fingerprint density at radius 3 is 2.50 bits per heavy atom. The first-order valence-corrected chi connectivity index (χ1v) is 14.2. The number of hydrogen-bond donors (Lipinski definition) is 5. The van der Waals surface area contributed by atoms with Crippen molar-refractivity contribution < 1.29 is 27.5 Å². The van der Waals surface area contributed by atoms with E-state index in [1.807, 2.05) is 0 Å². The zero-order valence-electron chi connectivity index (χ0n) is 22.4. The molecule has 0 bridgehead atoms. The summed E-state index contributed by atoms with van der Waals surface area (Å²) in [6, 6.07) is 6.79. The van der Waals surface area contributed by atoms with Gasteiger partial charge in [0, 0.05) is 17.8 Å². The van der Waals surface area contributed by atoms with Crippen LogP contribution >= 0.6 is 37.9 Å². The minimum atomic E-state index is -0.811. The molecular formula is C28H28F3N5O3S3. The predicted octanol–water partition coefficient (Wildman–Crippen LogP) is 5.58. The zero-order chi connectivity index (χ0) is 30.6. The molecule has 3 aromatic rings. The van der Waals surface area contributed by atoms with Crippen molar-refractivity contribution in [1.82, 2.24) is 14.9 Å². The summed E-state index contributed by atoms with van der Waals surface area (Å²) in [5.74, 6) is -2.47. The maximum absolute atomic E-state index is 14.8. The van der Waals surface area contributed by atoms with Gasteiger partial charge in [0.05, 0.1) is 21.3 Å². The summed E-state index contributed by atoms with van der Waals surface area (Å²) < 4.78 is 48.6. The van der Waals surface area contributed by atoms with Crippen molar-refractivity contribution in [3.8, 4) is 17.0 Å². The molecule has 1 saturated carbocycles. The molecule has 1 aliphatic carbocycles. The Morgan fingerprint density at radius 2 is 1.86 bits per heavy atom. The van der Waals surface area contributed by atoms with Crippen molar-refractivity contribution >= 4 is 61.2 Å². The number of nitrogens with zero attached hydrogens (tertiary/aromatic N) is 3. The number of aromatic nitrogens is 2. The third kappa shape index (κ3) is 7.34. The number of nitrogens with two attached hydrogens (primary N) is 1. The molecule has 222 valence electrons. The number of amides is 2. The molecule has 1 aliphatic rings. The van der Waals surface area contributed by atoms with Gasteiger partial charge in [-0.15, -0.1) is 37.9 Å². The van der Waals surface area contributed by atoms with Crippen molar-refractivity contribution in [3.05, 3.63) is 74.1 Å². The third-order valence-corrected chi connectivity index (χ3v) is 7.87. The lowest BCUT2D eigenvalue weighted by Gasteiger charge is -2.22. The molecule has 2 aromatic carbocycles. The number of thiol groups is 3. The molecule has 42 heavy (non-hydrogen) atoms. The van der Waals surface area contributed by atoms with E-state index in [4.69, 9.17) is 10.5 Å². The van der Waals surface area contributed by atoms with Gasteiger partial charge in [-0.3, -0.25) is 9.59 Å². The maximum atomic E-state index is 14.8. The molecule has 3 N–H and O–H groups in total. The van der Waals surface area contributed by atoms with Crippen LogP contribution in [-0.2, 0) is 4.79 Å². The molecule has 8 nitrogen and oxygen atoms in total. The molecule has 0 saturated heterocycles. The van der Waals surface area contributed by atoms with Crippen LogP contribution in [0.4, 0.5) is 24.7 Å². The molecular weight excluding hydrogens is 608 g/mol. The fourth-order valence-electron chi connectivity index (χ4n) is 4.27. The van der Waals surface area contributed by atoms with Crippen LogP contribution in [0.2, 0.25) is 0 Å². The number of ether oxygens (including phenoxy) is 1. The molecule has 0 aliphatic heterocycles. The zero-order valence-corrected chi connectivity index (χ0v) is 25.1. The highest BCUT2D eigenvalue weighted by Gasteiger charge is 2.26. The van der Waals surface area contributed by atoms with Crippen LogP contribution in [0, 0.1) is 18.6 Å². The minimum Gasteiger partial charge on any atom is -0.486 e. The van der Waals surface area contributed by atoms with Gasteiger partial charge in [-0.2, -0.15) is 0 Å². The molecule has 1 heterocycles. The fourth-order valence-corrected chi connectivity index (χ4v) is 4.61. The van der Waals surface area contributed by atoms with Crippen molar-refractivity contribution in [2.24, 2.45) is 0 Å². The summed E-state index contributed by atoms with van der Waals surface area (Å²) in [5, 5.41) is 2.58. The van der Waals surface area contributed by atoms with Gasteiger partial charge in [-0.1, -0.05) is 6.07 Å². The summed E-state index contributed by atoms with van der Waals surface area (Å²) in [5.41, 5.74) is 7.56. The Hall–Kier alpha value is -3.36. The lowest BCUT2D eigenvalue weighted by atomic mass is 10.0. The summed E-state index contributed by atoms with van der Waals surface area (Å²) in [7, 11) is 0. The number of benzene rings is 2. The van der Waals surface area contributed by atoms with Crippen LogP contribution in [0.3, 0.4) is 0 Å². The van der Waals surface area contributed by atoms with E-state index in [1.54, 1.807) is 13.0 Å². The summed E-state index contributed by atoms with van der Waals surface area (Å²) in [4.78, 5) is 34.8.